The van der Waals surface area contributed by atoms with Gasteiger partial charge in [-0.05, 0) is 26.0 Å². The van der Waals surface area contributed by atoms with Crippen molar-refractivity contribution in [3.63, 3.8) is 0 Å². The highest BCUT2D eigenvalue weighted by atomic mass is 32.2. The summed E-state index contributed by atoms with van der Waals surface area (Å²) in [6.07, 6.45) is 0. The molecule has 0 atom stereocenters. The van der Waals surface area contributed by atoms with Crippen molar-refractivity contribution < 1.29 is 13.2 Å². The Morgan fingerprint density at radius 3 is 2.39 bits per heavy atom. The van der Waals surface area contributed by atoms with Gasteiger partial charge in [0.25, 0.3) is 5.91 Å². The summed E-state index contributed by atoms with van der Waals surface area (Å²) in [5, 5.41) is 2.57. The molecule has 0 heterocycles. The molecule has 0 aliphatic heterocycles. The molecule has 0 saturated heterocycles. The fraction of sp³-hybridized carbons (Fsp3) is 0.417. The van der Waals surface area contributed by atoms with Gasteiger partial charge in [0.2, 0.25) is 10.0 Å². The first-order valence-corrected chi connectivity index (χ1v) is 7.39. The summed E-state index contributed by atoms with van der Waals surface area (Å²) in [5.74, 6) is -0.389. The van der Waals surface area contributed by atoms with Crippen LogP contribution in [0.15, 0.2) is 30.3 Å². The molecule has 1 amide bonds. The van der Waals surface area contributed by atoms with Crippen LogP contribution >= 0.6 is 0 Å². The smallest absolute Gasteiger partial charge is 0.251 e. The van der Waals surface area contributed by atoms with E-state index in [2.05, 4.69) is 10.0 Å². The molecule has 100 valence electrons. The number of hydrogen-bond donors (Lipinski definition) is 2. The lowest BCUT2D eigenvalue weighted by Gasteiger charge is -2.10. The summed E-state index contributed by atoms with van der Waals surface area (Å²) in [7, 11) is -3.32. The minimum atomic E-state index is -3.32. The maximum Gasteiger partial charge on any atom is 0.251 e. The van der Waals surface area contributed by atoms with E-state index in [1.807, 2.05) is 6.07 Å². The van der Waals surface area contributed by atoms with E-state index in [0.29, 0.717) is 5.56 Å². The monoisotopic (exact) mass is 270 g/mol. The average molecular weight is 270 g/mol. The first-order valence-electron chi connectivity index (χ1n) is 5.74. The van der Waals surface area contributed by atoms with E-state index in [9.17, 15) is 13.2 Å². The lowest BCUT2D eigenvalue weighted by molar-refractivity contribution is 0.0956. The van der Waals surface area contributed by atoms with Gasteiger partial charge in [0, 0.05) is 18.2 Å². The van der Waals surface area contributed by atoms with Crippen molar-refractivity contribution in [1.29, 1.82) is 0 Å². The Labute approximate surface area is 108 Å². The highest BCUT2D eigenvalue weighted by molar-refractivity contribution is 7.89. The lowest BCUT2D eigenvalue weighted by atomic mass is 10.2. The quantitative estimate of drug-likeness (QED) is 0.800. The van der Waals surface area contributed by atoms with Gasteiger partial charge in [-0.15, -0.1) is 0 Å². The molecule has 0 fully saturated rings. The second-order valence-electron chi connectivity index (χ2n) is 4.21. The van der Waals surface area contributed by atoms with Crippen LogP contribution in [0.25, 0.3) is 0 Å². The zero-order valence-corrected chi connectivity index (χ0v) is 11.3. The molecule has 0 spiro atoms. The summed E-state index contributed by atoms with van der Waals surface area (Å²) < 4.78 is 25.4. The predicted octanol–water partition coefficient (Wildman–Crippen LogP) is 0.744. The highest BCUT2D eigenvalue weighted by Crippen LogP contribution is 1.97. The Morgan fingerprint density at radius 1 is 1.22 bits per heavy atom. The first-order chi connectivity index (χ1) is 8.41. The number of carbonyl (C=O) groups excluding carboxylic acids is 1. The molecule has 6 heteroatoms. The van der Waals surface area contributed by atoms with Gasteiger partial charge in [-0.2, -0.15) is 0 Å². The van der Waals surface area contributed by atoms with E-state index in [4.69, 9.17) is 0 Å². The molecule has 1 rings (SSSR count). The molecule has 2 N–H and O–H groups in total. The van der Waals surface area contributed by atoms with Crippen LogP contribution in [0.1, 0.15) is 24.2 Å². The summed E-state index contributed by atoms with van der Waals surface area (Å²) in [5.41, 5.74) is 0.520. The van der Waals surface area contributed by atoms with Crippen molar-refractivity contribution in [1.82, 2.24) is 10.0 Å². The Hall–Kier alpha value is -1.40. The number of nitrogens with one attached hydrogen (secondary N) is 2. The SMILES string of the molecule is CC(C)NS(=O)(=O)CCNC(=O)c1ccccc1. The van der Waals surface area contributed by atoms with Gasteiger partial charge in [0.05, 0.1) is 5.75 Å². The van der Waals surface area contributed by atoms with Crippen LogP contribution in [-0.4, -0.2) is 32.7 Å². The van der Waals surface area contributed by atoms with Gasteiger partial charge >= 0.3 is 0 Å². The maximum atomic E-state index is 11.6. The second kappa shape index (κ2) is 6.51. The fourth-order valence-corrected chi connectivity index (χ4v) is 2.62. The van der Waals surface area contributed by atoms with E-state index >= 15 is 0 Å². The molecule has 0 bridgehead atoms. The fourth-order valence-electron chi connectivity index (χ4n) is 1.41. The third-order valence-corrected chi connectivity index (χ3v) is 3.68. The zero-order chi connectivity index (χ0) is 13.6. The normalized spacial score (nSPS) is 11.5. The average Bonchev–Trinajstić information content (AvgIpc) is 2.28. The number of carbonyl (C=O) groups is 1. The van der Waals surface area contributed by atoms with Crippen molar-refractivity contribution in [3.8, 4) is 0 Å². The molecule has 18 heavy (non-hydrogen) atoms. The van der Waals surface area contributed by atoms with Gasteiger partial charge in [-0.25, -0.2) is 13.1 Å². The molecule has 0 saturated carbocycles. The van der Waals surface area contributed by atoms with Gasteiger partial charge in [0.1, 0.15) is 0 Å². The molecule has 5 nitrogen and oxygen atoms in total. The summed E-state index contributed by atoms with van der Waals surface area (Å²) in [6, 6.07) is 8.54. The zero-order valence-electron chi connectivity index (χ0n) is 10.5. The molecule has 0 radical (unpaired) electrons. The first kappa shape index (κ1) is 14.7. The molecule has 0 unspecified atom stereocenters. The van der Waals surface area contributed by atoms with Crippen LogP contribution in [0.3, 0.4) is 0 Å². The second-order valence-corrected chi connectivity index (χ2v) is 6.09. The van der Waals surface area contributed by atoms with Gasteiger partial charge in [0.15, 0.2) is 0 Å². The lowest BCUT2D eigenvalue weighted by Crippen LogP contribution is -2.37. The van der Waals surface area contributed by atoms with Crippen LogP contribution in [-0.2, 0) is 10.0 Å². The van der Waals surface area contributed by atoms with Crippen LogP contribution in [0, 0.1) is 0 Å². The largest absolute Gasteiger partial charge is 0.351 e. The predicted molar refractivity (Wildman–Crippen MR) is 70.8 cm³/mol. The number of rotatable bonds is 6. The third kappa shape index (κ3) is 5.29. The molecule has 0 aromatic heterocycles. The summed E-state index contributed by atoms with van der Waals surface area (Å²) in [4.78, 5) is 11.6. The van der Waals surface area contributed by atoms with Crippen LogP contribution in [0.5, 0.6) is 0 Å². The molecule has 1 aromatic carbocycles. The minimum absolute atomic E-state index is 0.0930. The van der Waals surface area contributed by atoms with Crippen molar-refractivity contribution >= 4 is 15.9 Å². The van der Waals surface area contributed by atoms with Crippen molar-refractivity contribution in [2.24, 2.45) is 0 Å². The van der Waals surface area contributed by atoms with E-state index in [0.717, 1.165) is 0 Å². The van der Waals surface area contributed by atoms with Crippen LogP contribution in [0.4, 0.5) is 0 Å². The Kier molecular flexibility index (Phi) is 5.30. The summed E-state index contributed by atoms with van der Waals surface area (Å²) >= 11 is 0. The van der Waals surface area contributed by atoms with Gasteiger partial charge in [-0.1, -0.05) is 18.2 Å². The molecule has 1 aromatic rings. The van der Waals surface area contributed by atoms with E-state index < -0.39 is 10.0 Å². The number of sulfonamides is 1. The van der Waals surface area contributed by atoms with Crippen LogP contribution < -0.4 is 10.0 Å². The van der Waals surface area contributed by atoms with Crippen molar-refractivity contribution in [2.75, 3.05) is 12.3 Å². The molecular weight excluding hydrogens is 252 g/mol. The number of amides is 1. The molecule has 0 aliphatic rings. The van der Waals surface area contributed by atoms with E-state index in [-0.39, 0.29) is 24.2 Å². The van der Waals surface area contributed by atoms with Crippen molar-refractivity contribution in [2.45, 2.75) is 19.9 Å². The molecule has 0 aliphatic carbocycles. The molecular formula is C12H18N2O3S. The van der Waals surface area contributed by atoms with Crippen molar-refractivity contribution in [3.05, 3.63) is 35.9 Å². The number of benzene rings is 1. The Balaban J connectivity index is 2.41. The number of hydrogen-bond acceptors (Lipinski definition) is 3. The topological polar surface area (TPSA) is 75.3 Å². The third-order valence-electron chi connectivity index (χ3n) is 2.11. The standard InChI is InChI=1S/C12H18N2O3S/c1-10(2)14-18(16,17)9-8-13-12(15)11-6-4-3-5-7-11/h3-7,10,14H,8-9H2,1-2H3,(H,13,15). The summed E-state index contributed by atoms with van der Waals surface area (Å²) in [6.45, 7) is 3.59. The van der Waals surface area contributed by atoms with E-state index in [1.165, 1.54) is 0 Å². The minimum Gasteiger partial charge on any atom is -0.351 e. The van der Waals surface area contributed by atoms with Crippen LogP contribution in [0.2, 0.25) is 0 Å². The Morgan fingerprint density at radius 2 is 1.83 bits per heavy atom. The van der Waals surface area contributed by atoms with Gasteiger partial charge in [-0.3, -0.25) is 4.79 Å². The Bertz CT molecular complexity index is 483. The van der Waals surface area contributed by atoms with E-state index in [1.54, 1.807) is 38.1 Å². The highest BCUT2D eigenvalue weighted by Gasteiger charge is 2.12. The maximum absolute atomic E-state index is 11.6. The van der Waals surface area contributed by atoms with Gasteiger partial charge < -0.3 is 5.32 Å².